The molecule has 2 aliphatic rings. The van der Waals surface area contributed by atoms with Crippen molar-refractivity contribution in [1.82, 2.24) is 14.8 Å². The first kappa shape index (κ1) is 22.1. The zero-order chi connectivity index (χ0) is 22.5. The summed E-state index contributed by atoms with van der Waals surface area (Å²) in [6.07, 6.45) is 8.65. The number of benzene rings is 1. The van der Waals surface area contributed by atoms with Crippen LogP contribution in [-0.2, 0) is 20.9 Å². The lowest BCUT2D eigenvalue weighted by Crippen LogP contribution is -2.43. The Bertz CT molecular complexity index is 1060. The molecule has 2 saturated heterocycles. The van der Waals surface area contributed by atoms with E-state index in [1.165, 1.54) is 0 Å². The van der Waals surface area contributed by atoms with Gasteiger partial charge in [-0.15, -0.1) is 0 Å². The number of para-hydroxylation sites is 1. The van der Waals surface area contributed by atoms with Crippen molar-refractivity contribution < 1.29 is 14.3 Å². The van der Waals surface area contributed by atoms with E-state index in [9.17, 15) is 14.9 Å². The molecule has 0 radical (unpaired) electrons. The van der Waals surface area contributed by atoms with Crippen molar-refractivity contribution in [3.8, 4) is 6.07 Å². The second kappa shape index (κ2) is 10.0. The maximum absolute atomic E-state index is 13.0. The van der Waals surface area contributed by atoms with Gasteiger partial charge in [-0.1, -0.05) is 18.2 Å². The molecule has 1 N–H and O–H groups in total. The number of carbonyl (C=O) groups excluding carboxylic acids is 2. The highest BCUT2D eigenvalue weighted by Crippen LogP contribution is 2.25. The number of rotatable bonds is 6. The van der Waals surface area contributed by atoms with E-state index in [2.05, 4.69) is 12.2 Å². The molecule has 2 atom stereocenters. The number of aromatic nitrogens is 1. The van der Waals surface area contributed by atoms with Gasteiger partial charge in [0.1, 0.15) is 18.2 Å². The van der Waals surface area contributed by atoms with Gasteiger partial charge in [0.15, 0.2) is 0 Å². The fourth-order valence-electron chi connectivity index (χ4n) is 4.64. The summed E-state index contributed by atoms with van der Waals surface area (Å²) in [6.45, 7) is 4.27. The standard InChI is InChI=1S/C25H30N4O3/c1-18-7-4-5-11-29(18)24(30)17-28-16-20(22-9-2-3-10-23(22)28)13-19(14-26)25(31)27-15-21-8-6-12-32-21/h2-3,9-10,13,16,18,21H,4-8,11-12,15,17H2,1H3,(H,27,31)/b19-13+/t18-,21+/m1/s1. The number of hydrogen-bond acceptors (Lipinski definition) is 4. The second-order valence-corrected chi connectivity index (χ2v) is 8.68. The Morgan fingerprint density at radius 2 is 2.09 bits per heavy atom. The van der Waals surface area contributed by atoms with Gasteiger partial charge < -0.3 is 19.5 Å². The molecule has 1 aromatic heterocycles. The van der Waals surface area contributed by atoms with Crippen LogP contribution in [0.25, 0.3) is 17.0 Å². The minimum absolute atomic E-state index is 0.0176. The van der Waals surface area contributed by atoms with E-state index in [1.807, 2.05) is 46.0 Å². The lowest BCUT2D eigenvalue weighted by atomic mass is 10.0. The molecule has 2 fully saturated rings. The van der Waals surface area contributed by atoms with Crippen LogP contribution in [0.1, 0.15) is 44.6 Å². The van der Waals surface area contributed by atoms with Gasteiger partial charge >= 0.3 is 0 Å². The topological polar surface area (TPSA) is 87.4 Å². The van der Waals surface area contributed by atoms with Gasteiger partial charge in [-0.05, 0) is 51.2 Å². The van der Waals surface area contributed by atoms with E-state index in [0.29, 0.717) is 6.54 Å². The Morgan fingerprint density at radius 3 is 2.84 bits per heavy atom. The smallest absolute Gasteiger partial charge is 0.262 e. The van der Waals surface area contributed by atoms with E-state index >= 15 is 0 Å². The fraction of sp³-hybridized carbons (Fsp3) is 0.480. The highest BCUT2D eigenvalue weighted by Gasteiger charge is 2.24. The average molecular weight is 435 g/mol. The summed E-state index contributed by atoms with van der Waals surface area (Å²) in [4.78, 5) is 27.5. The first-order chi connectivity index (χ1) is 15.6. The highest BCUT2D eigenvalue weighted by molar-refractivity contribution is 6.04. The third-order valence-corrected chi connectivity index (χ3v) is 6.43. The quantitative estimate of drug-likeness (QED) is 0.559. The zero-order valence-corrected chi connectivity index (χ0v) is 18.5. The van der Waals surface area contributed by atoms with E-state index in [4.69, 9.17) is 4.74 Å². The maximum atomic E-state index is 13.0. The second-order valence-electron chi connectivity index (χ2n) is 8.68. The Labute approximate surface area is 188 Å². The predicted octanol–water partition coefficient (Wildman–Crippen LogP) is 3.24. The minimum atomic E-state index is -0.405. The van der Waals surface area contributed by atoms with Crippen molar-refractivity contribution in [2.24, 2.45) is 0 Å². The largest absolute Gasteiger partial charge is 0.376 e. The number of piperidine rings is 1. The summed E-state index contributed by atoms with van der Waals surface area (Å²) in [7, 11) is 0. The van der Waals surface area contributed by atoms with E-state index < -0.39 is 5.91 Å². The van der Waals surface area contributed by atoms with Gasteiger partial charge in [-0.25, -0.2) is 0 Å². The molecule has 7 nitrogen and oxygen atoms in total. The summed E-state index contributed by atoms with van der Waals surface area (Å²) in [5.41, 5.74) is 1.71. The number of carbonyl (C=O) groups is 2. The average Bonchev–Trinajstić information content (AvgIpc) is 3.44. The molecule has 168 valence electrons. The number of amides is 2. The molecule has 3 heterocycles. The molecule has 0 spiro atoms. The summed E-state index contributed by atoms with van der Waals surface area (Å²) in [6, 6.07) is 10.0. The van der Waals surface area contributed by atoms with Crippen LogP contribution in [0.2, 0.25) is 0 Å². The van der Waals surface area contributed by atoms with Crippen LogP contribution in [0.3, 0.4) is 0 Å². The number of fused-ring (bicyclic) bond motifs is 1. The Kier molecular flexibility index (Phi) is 6.91. The van der Waals surface area contributed by atoms with Crippen molar-refractivity contribution in [2.45, 2.75) is 57.7 Å². The van der Waals surface area contributed by atoms with Crippen molar-refractivity contribution in [1.29, 1.82) is 5.26 Å². The molecule has 4 rings (SSSR count). The van der Waals surface area contributed by atoms with E-state index in [1.54, 1.807) is 6.08 Å². The summed E-state index contributed by atoms with van der Waals surface area (Å²) in [5, 5.41) is 13.3. The van der Waals surface area contributed by atoms with Crippen LogP contribution in [0.15, 0.2) is 36.0 Å². The van der Waals surface area contributed by atoms with E-state index in [0.717, 1.165) is 61.7 Å². The van der Waals surface area contributed by atoms with Crippen molar-refractivity contribution >= 4 is 28.8 Å². The maximum Gasteiger partial charge on any atom is 0.262 e. The summed E-state index contributed by atoms with van der Waals surface area (Å²) >= 11 is 0. The van der Waals surface area contributed by atoms with Gasteiger partial charge in [-0.2, -0.15) is 5.26 Å². The lowest BCUT2D eigenvalue weighted by molar-refractivity contribution is -0.135. The van der Waals surface area contributed by atoms with Gasteiger partial charge in [0, 0.05) is 48.4 Å². The summed E-state index contributed by atoms with van der Waals surface area (Å²) < 4.78 is 7.45. The molecule has 0 aliphatic carbocycles. The highest BCUT2D eigenvalue weighted by atomic mass is 16.5. The third kappa shape index (κ3) is 4.86. The number of nitriles is 1. The first-order valence-electron chi connectivity index (χ1n) is 11.5. The molecule has 2 aromatic rings. The third-order valence-electron chi connectivity index (χ3n) is 6.43. The number of nitrogens with zero attached hydrogens (tertiary/aromatic N) is 3. The van der Waals surface area contributed by atoms with Crippen LogP contribution in [-0.4, -0.2) is 53.1 Å². The normalized spacial score (nSPS) is 21.5. The predicted molar refractivity (Wildman–Crippen MR) is 123 cm³/mol. The van der Waals surface area contributed by atoms with Gasteiger partial charge in [-0.3, -0.25) is 9.59 Å². The van der Waals surface area contributed by atoms with Crippen LogP contribution >= 0.6 is 0 Å². The number of hydrogen-bond donors (Lipinski definition) is 1. The molecular formula is C25H30N4O3. The lowest BCUT2D eigenvalue weighted by Gasteiger charge is -2.33. The monoisotopic (exact) mass is 434 g/mol. The van der Waals surface area contributed by atoms with Gasteiger partial charge in [0.05, 0.1) is 6.10 Å². The Hall–Kier alpha value is -3.11. The van der Waals surface area contributed by atoms with Crippen LogP contribution < -0.4 is 5.32 Å². The number of nitrogens with one attached hydrogen (secondary N) is 1. The molecule has 0 bridgehead atoms. The number of ether oxygens (including phenoxy) is 1. The molecule has 0 saturated carbocycles. The molecule has 2 amide bonds. The Balaban J connectivity index is 1.55. The van der Waals surface area contributed by atoms with Crippen LogP contribution in [0.4, 0.5) is 0 Å². The molecule has 0 unspecified atom stereocenters. The molecular weight excluding hydrogens is 404 g/mol. The Morgan fingerprint density at radius 1 is 1.25 bits per heavy atom. The van der Waals surface area contributed by atoms with Crippen molar-refractivity contribution in [2.75, 3.05) is 19.7 Å². The van der Waals surface area contributed by atoms with Crippen LogP contribution in [0, 0.1) is 11.3 Å². The SMILES string of the molecule is C[C@@H]1CCCCN1C(=O)Cn1cc(/C=C(\C#N)C(=O)NC[C@@H]2CCCO2)c2ccccc21. The molecule has 32 heavy (non-hydrogen) atoms. The molecule has 7 heteroatoms. The first-order valence-corrected chi connectivity index (χ1v) is 11.5. The molecule has 1 aromatic carbocycles. The van der Waals surface area contributed by atoms with Crippen molar-refractivity contribution in [3.05, 3.63) is 41.6 Å². The van der Waals surface area contributed by atoms with Crippen LogP contribution in [0.5, 0.6) is 0 Å². The summed E-state index contributed by atoms with van der Waals surface area (Å²) in [5.74, 6) is -0.304. The molecule has 2 aliphatic heterocycles. The minimum Gasteiger partial charge on any atom is -0.376 e. The van der Waals surface area contributed by atoms with Crippen molar-refractivity contribution in [3.63, 3.8) is 0 Å². The van der Waals surface area contributed by atoms with E-state index in [-0.39, 0.29) is 30.2 Å². The number of likely N-dealkylation sites (tertiary alicyclic amines) is 1. The van der Waals surface area contributed by atoms with Gasteiger partial charge in [0.25, 0.3) is 5.91 Å². The fourth-order valence-corrected chi connectivity index (χ4v) is 4.64. The van der Waals surface area contributed by atoms with Gasteiger partial charge in [0.2, 0.25) is 5.91 Å². The zero-order valence-electron chi connectivity index (χ0n) is 18.5.